The highest BCUT2D eigenvalue weighted by Gasteiger charge is 2.43. The molecule has 2 nitrogen and oxygen atoms in total. The van der Waals surface area contributed by atoms with Gasteiger partial charge in [0.2, 0.25) is 0 Å². The van der Waals surface area contributed by atoms with Gasteiger partial charge in [0, 0.05) is 36.2 Å². The van der Waals surface area contributed by atoms with Gasteiger partial charge in [-0.25, -0.2) is 0 Å². The summed E-state index contributed by atoms with van der Waals surface area (Å²) in [5.74, 6) is 0. The van der Waals surface area contributed by atoms with Gasteiger partial charge in [0.15, 0.2) is 0 Å². The average molecular weight is 271 g/mol. The van der Waals surface area contributed by atoms with E-state index in [1.54, 1.807) is 5.54 Å². The molecule has 1 saturated heterocycles. The molecule has 1 N–H and O–H groups in total. The Labute approximate surface area is 117 Å². The molecule has 1 aliphatic heterocycles. The van der Waals surface area contributed by atoms with Gasteiger partial charge in [0.05, 0.1) is 0 Å². The Morgan fingerprint density at radius 1 is 1.28 bits per heavy atom. The minimum Gasteiger partial charge on any atom is -0.308 e. The molecule has 2 aliphatic rings. The average Bonchev–Trinajstić information content (AvgIpc) is 2.41. The lowest BCUT2D eigenvalue weighted by Crippen LogP contribution is -2.69. The quantitative estimate of drug-likeness (QED) is 0.844. The molecule has 0 amide bonds. The smallest absolute Gasteiger partial charge is 0.0309 e. The zero-order valence-corrected chi connectivity index (χ0v) is 12.6. The molecular weight excluding hydrogens is 244 g/mol. The fourth-order valence-electron chi connectivity index (χ4n) is 3.47. The van der Waals surface area contributed by atoms with Crippen molar-refractivity contribution in [3.63, 3.8) is 0 Å². The summed E-state index contributed by atoms with van der Waals surface area (Å²) in [6, 6.07) is 0. The summed E-state index contributed by atoms with van der Waals surface area (Å²) in [6.07, 6.45) is 10.1. The molecule has 18 heavy (non-hydrogen) atoms. The van der Waals surface area contributed by atoms with E-state index in [1.165, 1.54) is 45.1 Å². The Bertz CT molecular complexity index is 297. The van der Waals surface area contributed by atoms with Crippen molar-refractivity contribution in [1.82, 2.24) is 10.2 Å². The lowest BCUT2D eigenvalue weighted by atomic mass is 9.77. The zero-order valence-electron chi connectivity index (χ0n) is 11.8. The molecular formula is C15H27ClN2. The largest absolute Gasteiger partial charge is 0.308 e. The maximum absolute atomic E-state index is 5.71. The van der Waals surface area contributed by atoms with Crippen LogP contribution in [0, 0.1) is 0 Å². The molecule has 1 atom stereocenters. The third kappa shape index (κ3) is 2.92. The SMILES string of the molecule is CCC1(C)CNC2(CCCCC2)CN1C/C=C/Cl. The standard InChI is InChI=1S/C15H27ClN2/c1-3-14(2)12-17-15(8-5-4-6-9-15)13-18(14)11-7-10-16/h7,10,17H,3-6,8-9,11-13H2,1-2H3/b10-7+. The highest BCUT2D eigenvalue weighted by atomic mass is 35.5. The molecule has 1 saturated carbocycles. The zero-order chi connectivity index (χ0) is 13.1. The number of piperazine rings is 1. The Morgan fingerprint density at radius 3 is 2.61 bits per heavy atom. The van der Waals surface area contributed by atoms with Crippen LogP contribution in [0.5, 0.6) is 0 Å². The number of halogens is 1. The van der Waals surface area contributed by atoms with Crippen molar-refractivity contribution in [2.45, 2.75) is 63.5 Å². The van der Waals surface area contributed by atoms with E-state index in [0.29, 0.717) is 5.54 Å². The summed E-state index contributed by atoms with van der Waals surface area (Å²) in [5, 5.41) is 3.88. The summed E-state index contributed by atoms with van der Waals surface area (Å²) in [5.41, 5.74) is 2.32. The first kappa shape index (κ1) is 14.4. The summed E-state index contributed by atoms with van der Waals surface area (Å²) >= 11 is 5.71. The van der Waals surface area contributed by atoms with Crippen molar-refractivity contribution in [2.24, 2.45) is 0 Å². The van der Waals surface area contributed by atoms with E-state index in [-0.39, 0.29) is 5.54 Å². The maximum atomic E-state index is 5.71. The van der Waals surface area contributed by atoms with Crippen LogP contribution in [0.3, 0.4) is 0 Å². The minimum absolute atomic E-state index is 0.277. The van der Waals surface area contributed by atoms with Gasteiger partial charge < -0.3 is 5.32 Å². The van der Waals surface area contributed by atoms with Crippen LogP contribution in [0.4, 0.5) is 0 Å². The molecule has 0 bridgehead atoms. The van der Waals surface area contributed by atoms with Gasteiger partial charge in [0.25, 0.3) is 0 Å². The Balaban J connectivity index is 2.09. The van der Waals surface area contributed by atoms with Crippen LogP contribution in [0.25, 0.3) is 0 Å². The highest BCUT2D eigenvalue weighted by molar-refractivity contribution is 6.25. The van der Waals surface area contributed by atoms with Crippen LogP contribution in [-0.4, -0.2) is 35.6 Å². The molecule has 2 fully saturated rings. The topological polar surface area (TPSA) is 15.3 Å². The number of hydrogen-bond donors (Lipinski definition) is 1. The van der Waals surface area contributed by atoms with Crippen molar-refractivity contribution in [1.29, 1.82) is 0 Å². The number of rotatable bonds is 3. The third-order valence-corrected chi connectivity index (χ3v) is 5.27. The van der Waals surface area contributed by atoms with Gasteiger partial charge in [-0.15, -0.1) is 0 Å². The molecule has 1 spiro atoms. The molecule has 0 radical (unpaired) electrons. The van der Waals surface area contributed by atoms with Crippen molar-refractivity contribution >= 4 is 11.6 Å². The van der Waals surface area contributed by atoms with Crippen LogP contribution < -0.4 is 5.32 Å². The molecule has 0 aromatic heterocycles. The maximum Gasteiger partial charge on any atom is 0.0309 e. The molecule has 1 aliphatic carbocycles. The predicted molar refractivity (Wildman–Crippen MR) is 79.1 cm³/mol. The van der Waals surface area contributed by atoms with E-state index in [1.807, 2.05) is 0 Å². The van der Waals surface area contributed by atoms with Gasteiger partial charge in [-0.2, -0.15) is 0 Å². The molecule has 1 heterocycles. The van der Waals surface area contributed by atoms with Crippen LogP contribution in [-0.2, 0) is 0 Å². The fourth-order valence-corrected chi connectivity index (χ4v) is 3.55. The molecule has 2 rings (SSSR count). The van der Waals surface area contributed by atoms with E-state index in [0.717, 1.165) is 13.1 Å². The minimum atomic E-state index is 0.277. The number of nitrogens with one attached hydrogen (secondary N) is 1. The lowest BCUT2D eigenvalue weighted by Gasteiger charge is -2.54. The van der Waals surface area contributed by atoms with Gasteiger partial charge in [-0.05, 0) is 26.2 Å². The van der Waals surface area contributed by atoms with Crippen molar-refractivity contribution in [2.75, 3.05) is 19.6 Å². The van der Waals surface area contributed by atoms with Crippen LogP contribution in [0.2, 0.25) is 0 Å². The molecule has 104 valence electrons. The van der Waals surface area contributed by atoms with Gasteiger partial charge in [0.1, 0.15) is 0 Å². The predicted octanol–water partition coefficient (Wildman–Crippen LogP) is 3.52. The molecule has 3 heteroatoms. The second kappa shape index (κ2) is 5.94. The van der Waals surface area contributed by atoms with E-state index >= 15 is 0 Å². The summed E-state index contributed by atoms with van der Waals surface area (Å²) in [6.45, 7) is 7.94. The van der Waals surface area contributed by atoms with Gasteiger partial charge in [-0.1, -0.05) is 43.9 Å². The van der Waals surface area contributed by atoms with Crippen LogP contribution >= 0.6 is 11.6 Å². The first-order valence-corrected chi connectivity index (χ1v) is 7.83. The van der Waals surface area contributed by atoms with Gasteiger partial charge in [-0.3, -0.25) is 4.90 Å². The normalized spacial score (nSPS) is 33.3. The second-order valence-electron chi connectivity index (χ2n) is 6.29. The monoisotopic (exact) mass is 270 g/mol. The van der Waals surface area contributed by atoms with Crippen LogP contribution in [0.15, 0.2) is 11.6 Å². The first-order chi connectivity index (χ1) is 8.64. The summed E-state index contributed by atoms with van der Waals surface area (Å²) in [4.78, 5) is 2.63. The highest BCUT2D eigenvalue weighted by Crippen LogP contribution is 2.35. The second-order valence-corrected chi connectivity index (χ2v) is 6.54. The van der Waals surface area contributed by atoms with Crippen molar-refractivity contribution in [3.05, 3.63) is 11.6 Å². The van der Waals surface area contributed by atoms with E-state index < -0.39 is 0 Å². The summed E-state index contributed by atoms with van der Waals surface area (Å²) < 4.78 is 0. The van der Waals surface area contributed by atoms with E-state index in [4.69, 9.17) is 11.6 Å². The first-order valence-electron chi connectivity index (χ1n) is 7.39. The van der Waals surface area contributed by atoms with Crippen molar-refractivity contribution in [3.8, 4) is 0 Å². The Hall–Kier alpha value is -0.0500. The Morgan fingerprint density at radius 2 is 2.00 bits per heavy atom. The molecule has 0 aromatic rings. The van der Waals surface area contributed by atoms with Gasteiger partial charge >= 0.3 is 0 Å². The molecule has 0 aromatic carbocycles. The van der Waals surface area contributed by atoms with E-state index in [2.05, 4.69) is 30.1 Å². The van der Waals surface area contributed by atoms with Crippen molar-refractivity contribution < 1.29 is 0 Å². The Kier molecular flexibility index (Phi) is 4.74. The lowest BCUT2D eigenvalue weighted by molar-refractivity contribution is 0.00703. The van der Waals surface area contributed by atoms with E-state index in [9.17, 15) is 0 Å². The number of nitrogens with zero attached hydrogens (tertiary/aromatic N) is 1. The number of hydrogen-bond acceptors (Lipinski definition) is 2. The fraction of sp³-hybridized carbons (Fsp3) is 0.867. The molecule has 1 unspecified atom stereocenters. The van der Waals surface area contributed by atoms with Crippen LogP contribution in [0.1, 0.15) is 52.4 Å². The third-order valence-electron chi connectivity index (χ3n) is 5.09. The summed E-state index contributed by atoms with van der Waals surface area (Å²) in [7, 11) is 0.